The van der Waals surface area contributed by atoms with Gasteiger partial charge in [-0.2, -0.15) is 0 Å². The summed E-state index contributed by atoms with van der Waals surface area (Å²) in [5.41, 5.74) is -0.707. The Kier molecular flexibility index (Phi) is 5.40. The molecule has 10 heteroatoms. The number of benzene rings is 2. The van der Waals surface area contributed by atoms with E-state index >= 15 is 0 Å². The zero-order chi connectivity index (χ0) is 28.0. The minimum absolute atomic E-state index is 0.0306. The number of imide groups is 2. The normalized spacial score (nSPS) is 31.3. The van der Waals surface area contributed by atoms with Gasteiger partial charge in [0.25, 0.3) is 0 Å². The van der Waals surface area contributed by atoms with Crippen molar-refractivity contribution in [3.8, 4) is 0 Å². The van der Waals surface area contributed by atoms with Gasteiger partial charge in [0.1, 0.15) is 17.4 Å². The summed E-state index contributed by atoms with van der Waals surface area (Å²) in [6.07, 6.45) is 0.0306. The van der Waals surface area contributed by atoms with E-state index in [1.165, 1.54) is 24.3 Å². The van der Waals surface area contributed by atoms with Crippen LogP contribution in [0.15, 0.2) is 59.9 Å². The van der Waals surface area contributed by atoms with E-state index in [0.29, 0.717) is 5.57 Å². The molecule has 3 aliphatic carbocycles. The molecule has 0 aromatic heterocycles. The van der Waals surface area contributed by atoms with E-state index in [4.69, 9.17) is 4.74 Å². The molecule has 2 aromatic carbocycles. The number of hydrogen-bond donors (Lipinski definition) is 0. The van der Waals surface area contributed by atoms with E-state index in [1.807, 2.05) is 0 Å². The lowest BCUT2D eigenvalue weighted by molar-refractivity contribution is -0.160. The van der Waals surface area contributed by atoms with Gasteiger partial charge in [0.2, 0.25) is 23.6 Å². The van der Waals surface area contributed by atoms with Gasteiger partial charge in [-0.05, 0) is 61.0 Å². The Balaban J connectivity index is 1.53. The van der Waals surface area contributed by atoms with Gasteiger partial charge in [-0.15, -0.1) is 0 Å². The molecule has 39 heavy (non-hydrogen) atoms. The van der Waals surface area contributed by atoms with Crippen LogP contribution in [-0.2, 0) is 28.7 Å². The highest BCUT2D eigenvalue weighted by Crippen LogP contribution is 2.68. The Hall–Kier alpha value is -4.21. The van der Waals surface area contributed by atoms with Crippen molar-refractivity contribution in [2.24, 2.45) is 35.0 Å². The molecule has 0 spiro atoms. The SMILES string of the molecule is CCC(=O)OC1=C(C)C2[C@H]3C(=O)N(c4ccc(F)cc4)C(=O)[C@H]3C1(C)[C@@H]1C(=O)N(c3ccc(F)cc3)C(=O)[C@H]21. The number of allylic oxidation sites excluding steroid dienone is 2. The number of amides is 4. The highest BCUT2D eigenvalue weighted by Gasteiger charge is 2.77. The molecular formula is C29H24F2N2O6. The largest absolute Gasteiger partial charge is 0.430 e. The predicted molar refractivity (Wildman–Crippen MR) is 132 cm³/mol. The third-order valence-electron chi connectivity index (χ3n) is 8.79. The average molecular weight is 535 g/mol. The van der Waals surface area contributed by atoms with Gasteiger partial charge in [-0.1, -0.05) is 13.8 Å². The van der Waals surface area contributed by atoms with Gasteiger partial charge < -0.3 is 4.74 Å². The number of nitrogens with zero attached hydrogens (tertiary/aromatic N) is 2. The molecule has 1 saturated carbocycles. The van der Waals surface area contributed by atoms with Crippen LogP contribution in [0.3, 0.4) is 0 Å². The van der Waals surface area contributed by atoms with Gasteiger partial charge in [0, 0.05) is 12.3 Å². The number of carbonyl (C=O) groups is 5. The third kappa shape index (κ3) is 3.17. The lowest BCUT2D eigenvalue weighted by Gasteiger charge is -2.55. The van der Waals surface area contributed by atoms with Crippen LogP contribution < -0.4 is 9.80 Å². The molecule has 2 saturated heterocycles. The summed E-state index contributed by atoms with van der Waals surface area (Å²) < 4.78 is 33.0. The summed E-state index contributed by atoms with van der Waals surface area (Å²) in [4.78, 5) is 70.2. The zero-order valence-corrected chi connectivity index (χ0v) is 21.3. The van der Waals surface area contributed by atoms with Crippen molar-refractivity contribution in [1.29, 1.82) is 0 Å². The minimum atomic E-state index is -1.51. The maximum absolute atomic E-state index is 14.0. The second kappa shape index (κ2) is 8.39. The first-order chi connectivity index (χ1) is 18.5. The molecule has 200 valence electrons. The summed E-state index contributed by atoms with van der Waals surface area (Å²) in [7, 11) is 0. The van der Waals surface area contributed by atoms with Gasteiger partial charge in [0.05, 0.1) is 40.5 Å². The molecule has 8 nitrogen and oxygen atoms in total. The fourth-order valence-electron chi connectivity index (χ4n) is 7.25. The number of esters is 1. The molecule has 2 heterocycles. The molecule has 2 bridgehead atoms. The summed E-state index contributed by atoms with van der Waals surface area (Å²) >= 11 is 0. The van der Waals surface area contributed by atoms with Crippen LogP contribution in [-0.4, -0.2) is 29.6 Å². The first kappa shape index (κ1) is 25.1. The lowest BCUT2D eigenvalue weighted by atomic mass is 9.45. The topological polar surface area (TPSA) is 101 Å². The van der Waals surface area contributed by atoms with Crippen molar-refractivity contribution in [3.63, 3.8) is 0 Å². The maximum atomic E-state index is 14.0. The van der Waals surface area contributed by atoms with E-state index < -0.39 is 76.2 Å². The van der Waals surface area contributed by atoms with E-state index in [-0.39, 0.29) is 23.6 Å². The molecule has 2 aromatic rings. The summed E-state index contributed by atoms with van der Waals surface area (Å²) in [6, 6.07) is 9.81. The number of anilines is 2. The summed E-state index contributed by atoms with van der Waals surface area (Å²) in [6.45, 7) is 4.86. The average Bonchev–Trinajstić information content (AvgIpc) is 3.33. The Morgan fingerprint density at radius 3 is 1.56 bits per heavy atom. The molecule has 2 aliphatic heterocycles. The second-order valence-electron chi connectivity index (χ2n) is 10.6. The van der Waals surface area contributed by atoms with Crippen molar-refractivity contribution in [1.82, 2.24) is 0 Å². The number of rotatable bonds is 4. The van der Waals surface area contributed by atoms with Crippen molar-refractivity contribution in [2.45, 2.75) is 27.2 Å². The van der Waals surface area contributed by atoms with E-state index in [2.05, 4.69) is 0 Å². The van der Waals surface area contributed by atoms with Crippen molar-refractivity contribution >= 4 is 41.0 Å². The van der Waals surface area contributed by atoms with Gasteiger partial charge in [-0.25, -0.2) is 8.78 Å². The van der Waals surface area contributed by atoms with Gasteiger partial charge in [-0.3, -0.25) is 33.8 Å². The van der Waals surface area contributed by atoms with Crippen molar-refractivity contribution in [2.75, 3.05) is 9.80 Å². The second-order valence-corrected chi connectivity index (χ2v) is 10.6. The molecule has 0 radical (unpaired) electrons. The predicted octanol–water partition coefficient (Wildman–Crippen LogP) is 3.75. The standard InChI is InChI=1S/C29H24F2N2O6/c1-4-18(34)39-24-13(2)19-20-22(27(37)32(25(20)35)16-9-5-14(30)6-10-16)29(24,3)23-21(19)26(36)33(28(23)38)17-11-7-15(31)8-12-17/h5-12,19-23H,4H2,1-3H3/t19?,20-,21-,22+,23+,29?/m1/s1. The number of ether oxygens (including phenoxy) is 1. The van der Waals surface area contributed by atoms with Crippen LogP contribution >= 0.6 is 0 Å². The first-order valence-electron chi connectivity index (χ1n) is 12.7. The van der Waals surface area contributed by atoms with E-state index in [0.717, 1.165) is 34.1 Å². The van der Waals surface area contributed by atoms with Crippen LogP contribution in [0.5, 0.6) is 0 Å². The van der Waals surface area contributed by atoms with Crippen LogP contribution in [0.1, 0.15) is 27.2 Å². The number of halogens is 2. The molecular weight excluding hydrogens is 510 g/mol. The van der Waals surface area contributed by atoms with Crippen molar-refractivity contribution < 1.29 is 37.5 Å². The Morgan fingerprint density at radius 1 is 0.769 bits per heavy atom. The fraction of sp³-hybridized carbons (Fsp3) is 0.345. The molecule has 3 fully saturated rings. The minimum Gasteiger partial charge on any atom is -0.430 e. The van der Waals surface area contributed by atoms with Crippen LogP contribution in [0.2, 0.25) is 0 Å². The molecule has 0 unspecified atom stereocenters. The molecule has 5 aliphatic rings. The zero-order valence-electron chi connectivity index (χ0n) is 21.3. The molecule has 7 rings (SSSR count). The highest BCUT2D eigenvalue weighted by atomic mass is 19.1. The highest BCUT2D eigenvalue weighted by molar-refractivity contribution is 6.27. The van der Waals surface area contributed by atoms with E-state index in [1.54, 1.807) is 20.8 Å². The third-order valence-corrected chi connectivity index (χ3v) is 8.79. The monoisotopic (exact) mass is 534 g/mol. The molecule has 4 atom stereocenters. The molecule has 0 N–H and O–H groups in total. The Morgan fingerprint density at radius 2 is 1.18 bits per heavy atom. The number of carbonyl (C=O) groups excluding carboxylic acids is 5. The van der Waals surface area contributed by atoms with Gasteiger partial charge in [0.15, 0.2) is 0 Å². The van der Waals surface area contributed by atoms with Crippen LogP contribution in [0.25, 0.3) is 0 Å². The quantitative estimate of drug-likeness (QED) is 0.438. The fourth-order valence-corrected chi connectivity index (χ4v) is 7.25. The van der Waals surface area contributed by atoms with Crippen LogP contribution in [0.4, 0.5) is 20.2 Å². The summed E-state index contributed by atoms with van der Waals surface area (Å²) in [5.74, 6) is -8.97. The Bertz CT molecular complexity index is 1410. The first-order valence-corrected chi connectivity index (χ1v) is 12.7. The maximum Gasteiger partial charge on any atom is 0.310 e. The Labute approximate surface area is 222 Å². The van der Waals surface area contributed by atoms with E-state index in [9.17, 15) is 32.8 Å². The molecule has 4 amide bonds. The van der Waals surface area contributed by atoms with Gasteiger partial charge >= 0.3 is 5.97 Å². The van der Waals surface area contributed by atoms with Crippen molar-refractivity contribution in [3.05, 3.63) is 71.5 Å². The number of hydrogen-bond acceptors (Lipinski definition) is 6. The smallest absolute Gasteiger partial charge is 0.310 e. The summed E-state index contributed by atoms with van der Waals surface area (Å²) in [5, 5.41) is 0. The van der Waals surface area contributed by atoms with Crippen LogP contribution in [0, 0.1) is 46.6 Å². The lowest BCUT2D eigenvalue weighted by Crippen LogP contribution is -2.60.